The smallest absolute Gasteiger partial charge is 0.254 e. The SMILES string of the molecule is Cc1cc(Cl)c(OCCOc2ccc(C(=O)NC3CCNCC3C(=O)N(Cc3cccc4ccccc34)C3CC3)c(F)c2)c(Cl)c1. The van der Waals surface area contributed by atoms with Crippen molar-refractivity contribution >= 4 is 45.8 Å². The van der Waals surface area contributed by atoms with Crippen LogP contribution in [0.3, 0.4) is 0 Å². The number of aryl methyl sites for hydroxylation is 1. The van der Waals surface area contributed by atoms with Gasteiger partial charge in [-0.3, -0.25) is 9.59 Å². The van der Waals surface area contributed by atoms with Crippen LogP contribution in [0, 0.1) is 18.7 Å². The minimum absolute atomic E-state index is 0.00702. The van der Waals surface area contributed by atoms with E-state index in [0.717, 1.165) is 34.7 Å². The Hall–Kier alpha value is -3.85. The van der Waals surface area contributed by atoms with Gasteiger partial charge in [0, 0.05) is 31.2 Å². The van der Waals surface area contributed by atoms with Crippen LogP contribution in [0.25, 0.3) is 10.8 Å². The van der Waals surface area contributed by atoms with Gasteiger partial charge in [0.1, 0.15) is 24.8 Å². The molecule has 2 fully saturated rings. The first kappa shape index (κ1) is 32.1. The number of fused-ring (bicyclic) bond motifs is 1. The number of carbonyl (C=O) groups excluding carboxylic acids is 2. The van der Waals surface area contributed by atoms with Crippen molar-refractivity contribution < 1.29 is 23.5 Å². The third-order valence-corrected chi connectivity index (χ3v) is 9.09. The molecule has 1 saturated heterocycles. The quantitative estimate of drug-likeness (QED) is 0.170. The van der Waals surface area contributed by atoms with Crippen molar-refractivity contribution in [2.24, 2.45) is 5.92 Å². The number of nitrogens with zero attached hydrogens (tertiary/aromatic N) is 1. The van der Waals surface area contributed by atoms with Crippen molar-refractivity contribution in [2.75, 3.05) is 26.3 Å². The van der Waals surface area contributed by atoms with E-state index in [9.17, 15) is 9.59 Å². The van der Waals surface area contributed by atoms with Gasteiger partial charge in [-0.05, 0) is 78.9 Å². The van der Waals surface area contributed by atoms with Gasteiger partial charge in [-0.2, -0.15) is 0 Å². The molecule has 7 nitrogen and oxygen atoms in total. The number of rotatable bonds is 11. The number of halogens is 3. The molecule has 240 valence electrons. The van der Waals surface area contributed by atoms with Crippen molar-refractivity contribution in [3.05, 3.63) is 105 Å². The monoisotopic (exact) mass is 663 g/mol. The summed E-state index contributed by atoms with van der Waals surface area (Å²) < 4.78 is 26.4. The van der Waals surface area contributed by atoms with Gasteiger partial charge in [0.15, 0.2) is 5.75 Å². The minimum Gasteiger partial charge on any atom is -0.490 e. The molecule has 0 bridgehead atoms. The van der Waals surface area contributed by atoms with Crippen molar-refractivity contribution in [3.63, 3.8) is 0 Å². The minimum atomic E-state index is -0.715. The molecule has 1 aliphatic heterocycles. The third kappa shape index (κ3) is 7.41. The maximum absolute atomic E-state index is 15.1. The maximum atomic E-state index is 15.1. The number of amides is 2. The zero-order valence-electron chi connectivity index (χ0n) is 25.5. The molecule has 1 saturated carbocycles. The average molecular weight is 665 g/mol. The van der Waals surface area contributed by atoms with E-state index in [-0.39, 0.29) is 36.5 Å². The summed E-state index contributed by atoms with van der Waals surface area (Å²) in [4.78, 5) is 29.3. The number of ether oxygens (including phenoxy) is 2. The highest BCUT2D eigenvalue weighted by Crippen LogP contribution is 2.34. The van der Waals surface area contributed by atoms with Crippen LogP contribution in [0.5, 0.6) is 11.5 Å². The lowest BCUT2D eigenvalue weighted by Gasteiger charge is -2.36. The van der Waals surface area contributed by atoms with Crippen LogP contribution < -0.4 is 20.1 Å². The molecule has 4 aromatic rings. The predicted octanol–water partition coefficient (Wildman–Crippen LogP) is 6.95. The largest absolute Gasteiger partial charge is 0.490 e. The summed E-state index contributed by atoms with van der Waals surface area (Å²) in [6.45, 7) is 3.73. The summed E-state index contributed by atoms with van der Waals surface area (Å²) in [5, 5.41) is 9.34. The summed E-state index contributed by atoms with van der Waals surface area (Å²) >= 11 is 12.4. The number of benzene rings is 4. The molecular weight excluding hydrogens is 628 g/mol. The summed E-state index contributed by atoms with van der Waals surface area (Å²) in [7, 11) is 0. The van der Waals surface area contributed by atoms with Crippen LogP contribution in [-0.4, -0.2) is 55.1 Å². The van der Waals surface area contributed by atoms with E-state index in [2.05, 4.69) is 34.9 Å². The number of hydrogen-bond acceptors (Lipinski definition) is 5. The van der Waals surface area contributed by atoms with Crippen LogP contribution in [0.4, 0.5) is 4.39 Å². The first-order valence-corrected chi connectivity index (χ1v) is 16.3. The van der Waals surface area contributed by atoms with E-state index in [4.69, 9.17) is 32.7 Å². The van der Waals surface area contributed by atoms with Crippen molar-refractivity contribution in [1.82, 2.24) is 15.5 Å². The normalized spacial score (nSPS) is 17.8. The maximum Gasteiger partial charge on any atom is 0.254 e. The second-order valence-corrected chi connectivity index (χ2v) is 12.7. The van der Waals surface area contributed by atoms with Crippen LogP contribution in [0.2, 0.25) is 10.0 Å². The third-order valence-electron chi connectivity index (χ3n) is 8.53. The summed E-state index contributed by atoms with van der Waals surface area (Å²) in [5.74, 6) is -1.12. The Labute approximate surface area is 278 Å². The Morgan fingerprint density at radius 3 is 2.46 bits per heavy atom. The molecule has 2 N–H and O–H groups in total. The van der Waals surface area contributed by atoms with E-state index in [1.807, 2.05) is 30.0 Å². The average Bonchev–Trinajstić information content (AvgIpc) is 3.88. The highest BCUT2D eigenvalue weighted by Gasteiger charge is 2.40. The second kappa shape index (κ2) is 14.3. The highest BCUT2D eigenvalue weighted by molar-refractivity contribution is 6.37. The van der Waals surface area contributed by atoms with Crippen LogP contribution >= 0.6 is 23.2 Å². The van der Waals surface area contributed by atoms with Crippen LogP contribution in [-0.2, 0) is 11.3 Å². The first-order chi connectivity index (χ1) is 22.3. The van der Waals surface area contributed by atoms with Crippen LogP contribution in [0.1, 0.15) is 40.7 Å². The van der Waals surface area contributed by atoms with Gasteiger partial charge in [-0.25, -0.2) is 4.39 Å². The molecule has 10 heteroatoms. The lowest BCUT2D eigenvalue weighted by Crippen LogP contribution is -2.55. The predicted molar refractivity (Wildman–Crippen MR) is 178 cm³/mol. The fraction of sp³-hybridized carbons (Fsp3) is 0.333. The molecule has 2 unspecified atom stereocenters. The van der Waals surface area contributed by atoms with Crippen molar-refractivity contribution in [2.45, 2.75) is 44.8 Å². The summed E-state index contributed by atoms with van der Waals surface area (Å²) in [5.41, 5.74) is 1.90. The highest BCUT2D eigenvalue weighted by atomic mass is 35.5. The fourth-order valence-electron chi connectivity index (χ4n) is 6.03. The number of hydrogen-bond donors (Lipinski definition) is 2. The molecule has 46 heavy (non-hydrogen) atoms. The van der Waals surface area contributed by atoms with Gasteiger partial charge >= 0.3 is 0 Å². The Morgan fingerprint density at radius 1 is 0.957 bits per heavy atom. The van der Waals surface area contributed by atoms with E-state index < -0.39 is 23.7 Å². The van der Waals surface area contributed by atoms with Gasteiger partial charge in [-0.15, -0.1) is 0 Å². The lowest BCUT2D eigenvalue weighted by atomic mass is 9.91. The topological polar surface area (TPSA) is 79.9 Å². The zero-order chi connectivity index (χ0) is 32.2. The fourth-order valence-corrected chi connectivity index (χ4v) is 6.74. The van der Waals surface area contributed by atoms with Crippen LogP contribution in [0.15, 0.2) is 72.8 Å². The zero-order valence-corrected chi connectivity index (χ0v) is 27.0. The first-order valence-electron chi connectivity index (χ1n) is 15.6. The second-order valence-electron chi connectivity index (χ2n) is 11.9. The molecule has 1 aliphatic carbocycles. The summed E-state index contributed by atoms with van der Waals surface area (Å²) in [6, 6.07) is 21.7. The van der Waals surface area contributed by atoms with Gasteiger partial charge in [0.25, 0.3) is 5.91 Å². The molecular formula is C36H36Cl2FN3O4. The molecule has 2 aliphatic rings. The molecule has 2 amide bonds. The Balaban J connectivity index is 1.08. The Kier molecular flexibility index (Phi) is 9.97. The van der Waals surface area contributed by atoms with Gasteiger partial charge in [-0.1, -0.05) is 65.7 Å². The van der Waals surface area contributed by atoms with Crippen molar-refractivity contribution in [1.29, 1.82) is 0 Å². The number of carbonyl (C=O) groups is 2. The van der Waals surface area contributed by atoms with E-state index in [1.54, 1.807) is 12.1 Å². The molecule has 4 aromatic carbocycles. The molecule has 0 aromatic heterocycles. The Bertz CT molecular complexity index is 1720. The molecule has 2 atom stereocenters. The Morgan fingerprint density at radius 2 is 1.70 bits per heavy atom. The molecule has 0 spiro atoms. The van der Waals surface area contributed by atoms with E-state index in [0.29, 0.717) is 41.8 Å². The number of piperidine rings is 1. The lowest BCUT2D eigenvalue weighted by molar-refractivity contribution is -0.138. The number of nitrogens with one attached hydrogen (secondary N) is 2. The standard InChI is InChI=1S/C36H36Cl2FN3O4/c1-22-17-30(37)34(31(38)18-22)46-16-15-45-26-11-12-28(32(39)19-26)35(43)41-33-13-14-40-20-29(33)36(44)42(25-9-10-25)21-24-7-4-6-23-5-2-3-8-27(23)24/h2-8,11-12,17-19,25,29,33,40H,9-10,13-16,20-21H2,1H3,(H,41,43). The van der Waals surface area contributed by atoms with E-state index in [1.165, 1.54) is 18.2 Å². The molecule has 6 rings (SSSR count). The molecule has 0 radical (unpaired) electrons. The van der Waals surface area contributed by atoms with Gasteiger partial charge < -0.3 is 25.0 Å². The molecule has 1 heterocycles. The van der Waals surface area contributed by atoms with E-state index >= 15 is 4.39 Å². The van der Waals surface area contributed by atoms with Crippen molar-refractivity contribution in [3.8, 4) is 11.5 Å². The summed E-state index contributed by atoms with van der Waals surface area (Å²) in [6.07, 6.45) is 2.49. The van der Waals surface area contributed by atoms with Gasteiger partial charge in [0.2, 0.25) is 5.91 Å². The van der Waals surface area contributed by atoms with Gasteiger partial charge in [0.05, 0.1) is 21.5 Å².